The van der Waals surface area contributed by atoms with Gasteiger partial charge in [-0.05, 0) is 23.6 Å². The summed E-state index contributed by atoms with van der Waals surface area (Å²) in [5.74, 6) is 0.186. The second kappa shape index (κ2) is 6.76. The Morgan fingerprint density at radius 2 is 1.71 bits per heavy atom. The summed E-state index contributed by atoms with van der Waals surface area (Å²) in [6, 6.07) is 5.71. The van der Waals surface area contributed by atoms with Crippen molar-refractivity contribution in [3.8, 4) is 0 Å². The number of aliphatic hydroxyl groups is 1. The molecule has 0 saturated carbocycles. The minimum absolute atomic E-state index is 0.186. The van der Waals surface area contributed by atoms with Crippen molar-refractivity contribution >= 4 is 10.0 Å². The van der Waals surface area contributed by atoms with Crippen LogP contribution in [0.3, 0.4) is 0 Å². The quantitative estimate of drug-likeness (QED) is 0.873. The highest BCUT2D eigenvalue weighted by Gasteiger charge is 2.36. The highest BCUT2D eigenvalue weighted by molar-refractivity contribution is 7.89. The fourth-order valence-electron chi connectivity index (χ4n) is 1.77. The average Bonchev–Trinajstić information content (AvgIpc) is 2.36. The van der Waals surface area contributed by atoms with Crippen molar-refractivity contribution in [2.24, 2.45) is 0 Å². The lowest BCUT2D eigenvalue weighted by Gasteiger charge is -2.22. The number of alkyl halides is 3. The van der Waals surface area contributed by atoms with E-state index >= 15 is 0 Å². The molecule has 0 aromatic heterocycles. The molecule has 0 radical (unpaired) electrons. The molecular formula is C13H18F3NO3S. The monoisotopic (exact) mass is 325 g/mol. The van der Waals surface area contributed by atoms with E-state index in [9.17, 15) is 21.6 Å². The predicted molar refractivity (Wildman–Crippen MR) is 72.4 cm³/mol. The maximum Gasteiger partial charge on any atom is 0.402 e. The standard InChI is InChI=1S/C13H18F3NO3S/c1-10(2)11-3-5-12(6-4-11)21(19,20)17(7-8-18)9-13(14,15)16/h3-6,10,18H,7-9H2,1-2H3. The van der Waals surface area contributed by atoms with Gasteiger partial charge >= 0.3 is 6.18 Å². The summed E-state index contributed by atoms with van der Waals surface area (Å²) in [6.07, 6.45) is -4.67. The van der Waals surface area contributed by atoms with Crippen molar-refractivity contribution < 1.29 is 26.7 Å². The Morgan fingerprint density at radius 1 is 1.19 bits per heavy atom. The number of nitrogens with zero attached hydrogens (tertiary/aromatic N) is 1. The van der Waals surface area contributed by atoms with Crippen LogP contribution in [0.1, 0.15) is 25.3 Å². The van der Waals surface area contributed by atoms with Crippen molar-refractivity contribution in [1.82, 2.24) is 4.31 Å². The maximum atomic E-state index is 12.5. The smallest absolute Gasteiger partial charge is 0.395 e. The molecule has 0 bridgehead atoms. The number of halogens is 3. The Hall–Kier alpha value is -1.12. The van der Waals surface area contributed by atoms with Crippen molar-refractivity contribution in [3.05, 3.63) is 29.8 Å². The van der Waals surface area contributed by atoms with Crippen LogP contribution in [0.25, 0.3) is 0 Å². The lowest BCUT2D eigenvalue weighted by Crippen LogP contribution is -2.40. The first-order chi connectivity index (χ1) is 9.58. The van der Waals surface area contributed by atoms with Crippen LogP contribution in [0.15, 0.2) is 29.2 Å². The Bertz CT molecular complexity index is 553. The second-order valence-electron chi connectivity index (χ2n) is 4.90. The first-order valence-electron chi connectivity index (χ1n) is 6.35. The summed E-state index contributed by atoms with van der Waals surface area (Å²) in [4.78, 5) is -0.218. The summed E-state index contributed by atoms with van der Waals surface area (Å²) >= 11 is 0. The molecule has 0 saturated heterocycles. The van der Waals surface area contributed by atoms with Crippen LogP contribution in [0.5, 0.6) is 0 Å². The lowest BCUT2D eigenvalue weighted by molar-refractivity contribution is -0.136. The number of hydrogen-bond acceptors (Lipinski definition) is 3. The van der Waals surface area contributed by atoms with Gasteiger partial charge in [-0.25, -0.2) is 8.42 Å². The number of sulfonamides is 1. The van der Waals surface area contributed by atoms with Gasteiger partial charge in [-0.2, -0.15) is 17.5 Å². The van der Waals surface area contributed by atoms with E-state index in [4.69, 9.17) is 5.11 Å². The summed E-state index contributed by atoms with van der Waals surface area (Å²) < 4.78 is 62.0. The van der Waals surface area contributed by atoms with Gasteiger partial charge in [0.05, 0.1) is 11.5 Å². The molecule has 120 valence electrons. The Kier molecular flexibility index (Phi) is 5.77. The number of hydrogen-bond donors (Lipinski definition) is 1. The molecule has 0 atom stereocenters. The largest absolute Gasteiger partial charge is 0.402 e. The number of rotatable bonds is 6. The van der Waals surface area contributed by atoms with Crippen LogP contribution >= 0.6 is 0 Å². The molecule has 0 aliphatic carbocycles. The van der Waals surface area contributed by atoms with Gasteiger partial charge < -0.3 is 5.11 Å². The summed E-state index contributed by atoms with van der Waals surface area (Å²) in [5.41, 5.74) is 0.887. The first-order valence-corrected chi connectivity index (χ1v) is 7.79. The Labute approximate surface area is 122 Å². The average molecular weight is 325 g/mol. The molecule has 1 rings (SSSR count). The third-order valence-corrected chi connectivity index (χ3v) is 4.75. The van der Waals surface area contributed by atoms with E-state index in [0.717, 1.165) is 5.56 Å². The van der Waals surface area contributed by atoms with E-state index in [-0.39, 0.29) is 15.1 Å². The molecule has 1 aromatic carbocycles. The molecule has 1 N–H and O–H groups in total. The molecule has 0 fully saturated rings. The van der Waals surface area contributed by atoms with E-state index in [1.54, 1.807) is 12.1 Å². The third-order valence-electron chi connectivity index (χ3n) is 2.89. The number of benzene rings is 1. The zero-order chi connectivity index (χ0) is 16.3. The van der Waals surface area contributed by atoms with E-state index < -0.39 is 35.9 Å². The molecule has 0 heterocycles. The second-order valence-corrected chi connectivity index (χ2v) is 6.84. The molecule has 0 spiro atoms. The van der Waals surface area contributed by atoms with Gasteiger partial charge in [0.25, 0.3) is 0 Å². The molecule has 1 aromatic rings. The van der Waals surface area contributed by atoms with Crippen LogP contribution in [0.4, 0.5) is 13.2 Å². The molecular weight excluding hydrogens is 307 g/mol. The van der Waals surface area contributed by atoms with Crippen molar-refractivity contribution in [3.63, 3.8) is 0 Å². The van der Waals surface area contributed by atoms with Crippen molar-refractivity contribution in [2.75, 3.05) is 19.7 Å². The molecule has 21 heavy (non-hydrogen) atoms. The zero-order valence-corrected chi connectivity index (χ0v) is 12.6. The molecule has 4 nitrogen and oxygen atoms in total. The van der Waals surface area contributed by atoms with Gasteiger partial charge in [0, 0.05) is 6.54 Å². The molecule has 8 heteroatoms. The minimum Gasteiger partial charge on any atom is -0.395 e. The molecule has 0 aliphatic heterocycles. The van der Waals surface area contributed by atoms with Gasteiger partial charge in [0.1, 0.15) is 6.54 Å². The summed E-state index contributed by atoms with van der Waals surface area (Å²) in [6.45, 7) is 0.936. The van der Waals surface area contributed by atoms with Crippen LogP contribution in [-0.2, 0) is 10.0 Å². The predicted octanol–water partition coefficient (Wildman–Crippen LogP) is 2.36. The zero-order valence-electron chi connectivity index (χ0n) is 11.8. The van der Waals surface area contributed by atoms with Gasteiger partial charge in [0.15, 0.2) is 0 Å². The minimum atomic E-state index is -4.67. The van der Waals surface area contributed by atoms with Crippen LogP contribution < -0.4 is 0 Å². The Balaban J connectivity index is 3.10. The van der Waals surface area contributed by atoms with Gasteiger partial charge in [-0.3, -0.25) is 0 Å². The summed E-state index contributed by atoms with van der Waals surface area (Å²) in [5, 5.41) is 8.79. The van der Waals surface area contributed by atoms with Crippen molar-refractivity contribution in [1.29, 1.82) is 0 Å². The first kappa shape index (κ1) is 17.9. The summed E-state index contributed by atoms with van der Waals surface area (Å²) in [7, 11) is -4.29. The van der Waals surface area contributed by atoms with Gasteiger partial charge in [-0.1, -0.05) is 26.0 Å². The normalized spacial score (nSPS) is 13.1. The van der Waals surface area contributed by atoms with Crippen LogP contribution in [-0.4, -0.2) is 43.7 Å². The van der Waals surface area contributed by atoms with Crippen LogP contribution in [0, 0.1) is 0 Å². The molecule has 0 amide bonds. The lowest BCUT2D eigenvalue weighted by atomic mass is 10.0. The van der Waals surface area contributed by atoms with Gasteiger partial charge in [0.2, 0.25) is 10.0 Å². The molecule has 0 unspecified atom stereocenters. The van der Waals surface area contributed by atoms with Crippen molar-refractivity contribution in [2.45, 2.75) is 30.8 Å². The van der Waals surface area contributed by atoms with E-state index in [0.29, 0.717) is 0 Å². The SMILES string of the molecule is CC(C)c1ccc(S(=O)(=O)N(CCO)CC(F)(F)F)cc1. The fourth-order valence-corrected chi connectivity index (χ4v) is 3.19. The third kappa shape index (κ3) is 4.98. The van der Waals surface area contributed by atoms with Crippen LogP contribution in [0.2, 0.25) is 0 Å². The Morgan fingerprint density at radius 3 is 2.10 bits per heavy atom. The highest BCUT2D eigenvalue weighted by Crippen LogP contribution is 2.24. The van der Waals surface area contributed by atoms with Gasteiger partial charge in [-0.15, -0.1) is 0 Å². The van der Waals surface area contributed by atoms with E-state index in [1.807, 2.05) is 13.8 Å². The molecule has 0 aliphatic rings. The highest BCUT2D eigenvalue weighted by atomic mass is 32.2. The van der Waals surface area contributed by atoms with E-state index in [2.05, 4.69) is 0 Å². The topological polar surface area (TPSA) is 57.6 Å². The van der Waals surface area contributed by atoms with E-state index in [1.165, 1.54) is 12.1 Å². The maximum absolute atomic E-state index is 12.5. The number of aliphatic hydroxyl groups excluding tert-OH is 1. The fraction of sp³-hybridized carbons (Fsp3) is 0.538.